The van der Waals surface area contributed by atoms with Gasteiger partial charge in [-0.3, -0.25) is 0 Å². The summed E-state index contributed by atoms with van der Waals surface area (Å²) < 4.78 is 7.19. The summed E-state index contributed by atoms with van der Waals surface area (Å²) in [5, 5.41) is 5.00. The van der Waals surface area contributed by atoms with Gasteiger partial charge in [-0.05, 0) is 43.3 Å². The Morgan fingerprint density at radius 3 is 2.65 bits per heavy atom. The van der Waals surface area contributed by atoms with Crippen LogP contribution in [0.2, 0.25) is 0 Å². The normalized spacial score (nSPS) is 15.3. The Hall–Kier alpha value is -1.69. The van der Waals surface area contributed by atoms with Gasteiger partial charge in [0, 0.05) is 19.2 Å². The molecule has 6 heteroatoms. The third-order valence-electron chi connectivity index (χ3n) is 4.43. The van der Waals surface area contributed by atoms with Crippen LogP contribution in [-0.4, -0.2) is 24.2 Å². The number of nitrogens with two attached hydrogens (primary N) is 1. The van der Waals surface area contributed by atoms with E-state index in [1.54, 1.807) is 11.3 Å². The number of fused-ring (bicyclic) bond motifs is 1. The molecule has 2 aromatic rings. The molecule has 0 saturated carbocycles. The van der Waals surface area contributed by atoms with Gasteiger partial charge in [-0.2, -0.15) is 5.53 Å². The molecular formula is C17H25N4OS+. The van der Waals surface area contributed by atoms with Gasteiger partial charge in [0.05, 0.1) is 16.3 Å². The predicted octanol–water partition coefficient (Wildman–Crippen LogP) is 3.70. The number of hydrogen-bond acceptors (Lipinski definition) is 5. The van der Waals surface area contributed by atoms with Crippen molar-refractivity contribution >= 4 is 32.4 Å². The van der Waals surface area contributed by atoms with E-state index in [9.17, 15) is 0 Å². The first-order chi connectivity index (χ1) is 11.2. The number of thiazole rings is 1. The van der Waals surface area contributed by atoms with Crippen molar-refractivity contribution in [1.82, 2.24) is 4.98 Å². The van der Waals surface area contributed by atoms with Crippen LogP contribution in [-0.2, 0) is 0 Å². The van der Waals surface area contributed by atoms with Crippen molar-refractivity contribution < 1.29 is 10.3 Å². The minimum Gasteiger partial charge on any atom is -0.488 e. The zero-order chi connectivity index (χ0) is 16.2. The summed E-state index contributed by atoms with van der Waals surface area (Å²) in [6.45, 7) is 6.46. The highest BCUT2D eigenvalue weighted by atomic mass is 32.1. The highest BCUT2D eigenvalue weighted by Gasteiger charge is 2.18. The Morgan fingerprint density at radius 1 is 1.26 bits per heavy atom. The monoisotopic (exact) mass is 333 g/mol. The van der Waals surface area contributed by atoms with Crippen molar-refractivity contribution in [2.24, 2.45) is 5.11 Å². The van der Waals surface area contributed by atoms with Crippen LogP contribution in [0.1, 0.15) is 46.0 Å². The van der Waals surface area contributed by atoms with Crippen molar-refractivity contribution in [2.75, 3.05) is 18.0 Å². The highest BCUT2D eigenvalue weighted by Crippen LogP contribution is 2.38. The smallest absolute Gasteiger partial charge is 0.186 e. The molecule has 5 nitrogen and oxygen atoms in total. The van der Waals surface area contributed by atoms with Gasteiger partial charge in [0.2, 0.25) is 0 Å². The summed E-state index contributed by atoms with van der Waals surface area (Å²) >= 11 is 1.72. The van der Waals surface area contributed by atoms with E-state index in [1.165, 1.54) is 19.3 Å². The number of ether oxygens (including phenoxy) is 1. The van der Waals surface area contributed by atoms with E-state index < -0.39 is 0 Å². The second-order valence-corrected chi connectivity index (χ2v) is 7.03. The summed E-state index contributed by atoms with van der Waals surface area (Å²) in [5.74, 6) is 0.740. The van der Waals surface area contributed by atoms with Gasteiger partial charge in [0.1, 0.15) is 0 Å². The lowest BCUT2D eigenvalue weighted by atomic mass is 10.1. The second-order valence-electron chi connectivity index (χ2n) is 6.02. The van der Waals surface area contributed by atoms with Gasteiger partial charge < -0.3 is 9.64 Å². The number of anilines is 1. The quantitative estimate of drug-likeness (QED) is 0.820. The average molecular weight is 333 g/mol. The molecule has 124 valence electrons. The fraction of sp³-hybridized carbons (Fsp3) is 0.588. The lowest BCUT2D eigenvalue weighted by molar-refractivity contribution is -0.210. The first-order valence-corrected chi connectivity index (χ1v) is 9.34. The molecule has 0 unspecified atom stereocenters. The van der Waals surface area contributed by atoms with E-state index in [0.29, 0.717) is 5.69 Å². The van der Waals surface area contributed by atoms with Crippen molar-refractivity contribution in [2.45, 2.75) is 52.1 Å². The van der Waals surface area contributed by atoms with Crippen LogP contribution in [0.25, 0.3) is 10.2 Å². The molecule has 0 aliphatic carbocycles. The van der Waals surface area contributed by atoms with Crippen LogP contribution >= 0.6 is 11.3 Å². The van der Waals surface area contributed by atoms with Crippen LogP contribution in [0, 0.1) is 0 Å². The second kappa shape index (κ2) is 7.25. The first-order valence-electron chi connectivity index (χ1n) is 8.52. The molecule has 2 N–H and O–H groups in total. The predicted molar refractivity (Wildman–Crippen MR) is 94.7 cm³/mol. The van der Waals surface area contributed by atoms with Crippen LogP contribution in [0.3, 0.4) is 0 Å². The van der Waals surface area contributed by atoms with E-state index in [-0.39, 0.29) is 6.10 Å². The van der Waals surface area contributed by atoms with Crippen LogP contribution < -0.4 is 15.2 Å². The van der Waals surface area contributed by atoms with Gasteiger partial charge in [0.15, 0.2) is 16.6 Å². The molecule has 0 spiro atoms. The Kier molecular flexibility index (Phi) is 5.10. The molecular weight excluding hydrogens is 308 g/mol. The number of hydrogen-bond donors (Lipinski definition) is 1. The van der Waals surface area contributed by atoms with Gasteiger partial charge in [0.25, 0.3) is 0 Å². The van der Waals surface area contributed by atoms with E-state index in [0.717, 1.165) is 47.0 Å². The molecule has 23 heavy (non-hydrogen) atoms. The van der Waals surface area contributed by atoms with Gasteiger partial charge >= 0.3 is 0 Å². The number of aromatic nitrogens is 1. The lowest BCUT2D eigenvalue weighted by Crippen LogP contribution is -2.29. The van der Waals surface area contributed by atoms with Gasteiger partial charge in [-0.15, -0.1) is 0 Å². The zero-order valence-corrected chi connectivity index (χ0v) is 14.7. The SMILES string of the molecule is CCC(CC)Oc1cc2nc(N3CCCCC3)sc2cc1N=[NH2+]. The molecule has 1 aliphatic rings. The fourth-order valence-electron chi connectivity index (χ4n) is 2.98. The Labute approximate surface area is 141 Å². The summed E-state index contributed by atoms with van der Waals surface area (Å²) in [7, 11) is 0. The third-order valence-corrected chi connectivity index (χ3v) is 5.51. The molecule has 0 atom stereocenters. The number of rotatable bonds is 6. The molecule has 0 amide bonds. The van der Waals surface area contributed by atoms with E-state index in [2.05, 4.69) is 23.9 Å². The largest absolute Gasteiger partial charge is 0.488 e. The maximum atomic E-state index is 6.07. The third kappa shape index (κ3) is 3.47. The van der Waals surface area contributed by atoms with E-state index in [4.69, 9.17) is 15.3 Å². The van der Waals surface area contributed by atoms with Crippen LogP contribution in [0.4, 0.5) is 10.8 Å². The fourth-order valence-corrected chi connectivity index (χ4v) is 4.01. The molecule has 1 saturated heterocycles. The number of piperidine rings is 1. The molecule has 1 fully saturated rings. The van der Waals surface area contributed by atoms with Gasteiger partial charge in [-0.25, -0.2) is 4.98 Å². The van der Waals surface area contributed by atoms with E-state index in [1.807, 2.05) is 12.1 Å². The summed E-state index contributed by atoms with van der Waals surface area (Å²) in [6, 6.07) is 3.99. The molecule has 0 bridgehead atoms. The van der Waals surface area contributed by atoms with Crippen molar-refractivity contribution in [3.63, 3.8) is 0 Å². The Bertz CT molecular complexity index is 675. The van der Waals surface area contributed by atoms with Crippen LogP contribution in [0.5, 0.6) is 5.75 Å². The highest BCUT2D eigenvalue weighted by molar-refractivity contribution is 7.22. The molecule has 1 aliphatic heterocycles. The molecule has 3 rings (SSSR count). The minimum absolute atomic E-state index is 0.188. The molecule has 1 aromatic heterocycles. The topological polar surface area (TPSA) is 63.3 Å². The maximum absolute atomic E-state index is 6.07. The summed E-state index contributed by atoms with van der Waals surface area (Å²) in [4.78, 5) is 7.20. The average Bonchev–Trinajstić information content (AvgIpc) is 3.02. The first kappa shape index (κ1) is 16.2. The molecule has 1 aromatic carbocycles. The molecule has 0 radical (unpaired) electrons. The van der Waals surface area contributed by atoms with Crippen molar-refractivity contribution in [3.05, 3.63) is 12.1 Å². The zero-order valence-electron chi connectivity index (χ0n) is 13.9. The lowest BCUT2D eigenvalue weighted by Gasteiger charge is -2.25. The van der Waals surface area contributed by atoms with Gasteiger partial charge in [-0.1, -0.05) is 25.2 Å². The minimum atomic E-state index is 0.188. The van der Waals surface area contributed by atoms with Crippen molar-refractivity contribution in [1.29, 1.82) is 0 Å². The van der Waals surface area contributed by atoms with Crippen LogP contribution in [0.15, 0.2) is 17.2 Å². The maximum Gasteiger partial charge on any atom is 0.186 e. The molecule has 2 heterocycles. The Morgan fingerprint density at radius 2 is 2.00 bits per heavy atom. The van der Waals surface area contributed by atoms with Crippen molar-refractivity contribution in [3.8, 4) is 5.75 Å². The standard InChI is InChI=1S/C17H24N4OS/c1-3-12(4-2)22-15-10-14-16(11-13(15)20-18)23-17(19-14)21-8-6-5-7-9-21/h10-12,18H,3-9H2,1-2H3/p+1. The summed E-state index contributed by atoms with van der Waals surface area (Å²) in [5.41, 5.74) is 7.25. The number of nitrogens with zero attached hydrogens (tertiary/aromatic N) is 3. The Balaban J connectivity index is 1.93. The number of benzene rings is 1. The summed E-state index contributed by atoms with van der Waals surface area (Å²) in [6.07, 6.45) is 5.95. The van der Waals surface area contributed by atoms with E-state index >= 15 is 0 Å².